The Morgan fingerprint density at radius 1 is 1.15 bits per heavy atom. The molecule has 0 saturated heterocycles. The van der Waals surface area contributed by atoms with E-state index in [1.165, 1.54) is 22.5 Å². The van der Waals surface area contributed by atoms with Crippen LogP contribution in [0.3, 0.4) is 0 Å². The topological polar surface area (TPSA) is 68.0 Å². The molecule has 0 aliphatic rings. The minimum atomic E-state index is -0.310. The van der Waals surface area contributed by atoms with Crippen LogP contribution < -0.4 is 5.32 Å². The summed E-state index contributed by atoms with van der Waals surface area (Å²) in [5.41, 5.74) is 3.99. The van der Waals surface area contributed by atoms with Gasteiger partial charge in [0.05, 0.1) is 0 Å². The lowest BCUT2D eigenvalue weighted by Crippen LogP contribution is -2.11. The second-order valence-electron chi connectivity index (χ2n) is 6.16. The van der Waals surface area contributed by atoms with Gasteiger partial charge < -0.3 is 4.42 Å². The van der Waals surface area contributed by atoms with Crippen molar-refractivity contribution in [1.82, 2.24) is 10.2 Å². The number of nitrogens with one attached hydrogen (secondary N) is 1. The minimum absolute atomic E-state index is 0.306. The molecule has 0 saturated carbocycles. The number of hydrogen-bond donors (Lipinski definition) is 1. The lowest BCUT2D eigenvalue weighted by molar-refractivity contribution is 0.0998. The van der Waals surface area contributed by atoms with Crippen molar-refractivity contribution in [2.45, 2.75) is 23.9 Å². The van der Waals surface area contributed by atoms with E-state index in [0.29, 0.717) is 16.5 Å². The fraction of sp³-hybridized carbons (Fsp3) is 0.150. The van der Waals surface area contributed by atoms with E-state index in [1.54, 1.807) is 11.8 Å². The molecule has 0 bridgehead atoms. The maximum absolute atomic E-state index is 12.6. The lowest BCUT2D eigenvalue weighted by Gasteiger charge is -2.00. The van der Waals surface area contributed by atoms with E-state index in [9.17, 15) is 4.79 Å². The predicted octanol–water partition coefficient (Wildman–Crippen LogP) is 5.45. The van der Waals surface area contributed by atoms with Crippen molar-refractivity contribution in [2.75, 3.05) is 5.32 Å². The van der Waals surface area contributed by atoms with Crippen LogP contribution in [0.5, 0.6) is 0 Å². The standard InChI is InChI=1S/C20H17N3O2S2/c1-12-6-5-7-14(10-12)11-26-20-23-22-19(27-20)21-18(24)17-13(2)15-8-3-4-9-16(15)25-17/h3-10H,11H2,1-2H3,(H,21,22,24). The molecule has 0 radical (unpaired) electrons. The number of thioether (sulfide) groups is 1. The van der Waals surface area contributed by atoms with Crippen molar-refractivity contribution in [1.29, 1.82) is 0 Å². The Morgan fingerprint density at radius 2 is 2.00 bits per heavy atom. The molecule has 0 atom stereocenters. The number of furan rings is 1. The van der Waals surface area contributed by atoms with E-state index in [-0.39, 0.29) is 5.91 Å². The fourth-order valence-electron chi connectivity index (χ4n) is 2.81. The first-order valence-electron chi connectivity index (χ1n) is 8.41. The second-order valence-corrected chi connectivity index (χ2v) is 8.36. The molecular formula is C20H17N3O2S2. The molecule has 0 aliphatic heterocycles. The monoisotopic (exact) mass is 395 g/mol. The summed E-state index contributed by atoms with van der Waals surface area (Å²) in [5, 5.41) is 12.4. The molecule has 5 nitrogen and oxygen atoms in total. The number of rotatable bonds is 5. The fourth-order valence-corrected chi connectivity index (χ4v) is 4.50. The summed E-state index contributed by atoms with van der Waals surface area (Å²) < 4.78 is 6.51. The van der Waals surface area contributed by atoms with E-state index in [1.807, 2.05) is 37.3 Å². The maximum Gasteiger partial charge on any atom is 0.293 e. The van der Waals surface area contributed by atoms with Gasteiger partial charge in [-0.25, -0.2) is 0 Å². The first-order valence-corrected chi connectivity index (χ1v) is 10.2. The van der Waals surface area contributed by atoms with Gasteiger partial charge in [0.1, 0.15) is 5.58 Å². The number of carbonyl (C=O) groups excluding carboxylic acids is 1. The first-order chi connectivity index (χ1) is 13.1. The third-order valence-electron chi connectivity index (χ3n) is 4.12. The van der Waals surface area contributed by atoms with Gasteiger partial charge in [0, 0.05) is 16.7 Å². The Kier molecular flexibility index (Phi) is 4.96. The highest BCUT2D eigenvalue weighted by atomic mass is 32.2. The van der Waals surface area contributed by atoms with E-state index >= 15 is 0 Å². The molecule has 7 heteroatoms. The molecule has 1 N–H and O–H groups in total. The van der Waals surface area contributed by atoms with Gasteiger partial charge in [-0.2, -0.15) is 0 Å². The van der Waals surface area contributed by atoms with Crippen LogP contribution in [-0.4, -0.2) is 16.1 Å². The lowest BCUT2D eigenvalue weighted by atomic mass is 10.1. The number of aryl methyl sites for hydroxylation is 2. The zero-order valence-corrected chi connectivity index (χ0v) is 16.5. The summed E-state index contributed by atoms with van der Waals surface area (Å²) in [7, 11) is 0. The van der Waals surface area contributed by atoms with Gasteiger partial charge in [-0.3, -0.25) is 10.1 Å². The minimum Gasteiger partial charge on any atom is -0.451 e. The summed E-state index contributed by atoms with van der Waals surface area (Å²) in [6, 6.07) is 16.0. The summed E-state index contributed by atoms with van der Waals surface area (Å²) in [6.07, 6.45) is 0. The molecule has 0 fully saturated rings. The van der Waals surface area contributed by atoms with Gasteiger partial charge >= 0.3 is 0 Å². The van der Waals surface area contributed by atoms with Crippen LogP contribution in [0, 0.1) is 13.8 Å². The van der Waals surface area contributed by atoms with Crippen LogP contribution in [0.2, 0.25) is 0 Å². The Labute approximate surface area is 164 Å². The molecular weight excluding hydrogens is 378 g/mol. The molecule has 0 aliphatic carbocycles. The number of benzene rings is 2. The molecule has 2 aromatic carbocycles. The van der Waals surface area contributed by atoms with Crippen LogP contribution in [0.25, 0.3) is 11.0 Å². The summed E-state index contributed by atoms with van der Waals surface area (Å²) in [4.78, 5) is 12.6. The Morgan fingerprint density at radius 3 is 2.81 bits per heavy atom. The number of anilines is 1. The van der Waals surface area contributed by atoms with Crippen LogP contribution in [0.4, 0.5) is 5.13 Å². The second kappa shape index (κ2) is 7.54. The molecule has 0 spiro atoms. The van der Waals surface area contributed by atoms with E-state index < -0.39 is 0 Å². The molecule has 4 rings (SSSR count). The summed E-state index contributed by atoms with van der Waals surface area (Å²) in [5.74, 6) is 0.808. The number of carbonyl (C=O) groups is 1. The van der Waals surface area contributed by atoms with Gasteiger partial charge in [-0.1, -0.05) is 71.1 Å². The van der Waals surface area contributed by atoms with E-state index in [4.69, 9.17) is 4.42 Å². The Bertz CT molecular complexity index is 1120. The largest absolute Gasteiger partial charge is 0.451 e. The summed E-state index contributed by atoms with van der Waals surface area (Å²) >= 11 is 2.96. The Balaban J connectivity index is 1.44. The number of hydrogen-bond acceptors (Lipinski definition) is 6. The Hall–Kier alpha value is -2.64. The number of aromatic nitrogens is 2. The molecule has 136 valence electrons. The van der Waals surface area contributed by atoms with Crippen LogP contribution in [0.15, 0.2) is 57.3 Å². The van der Waals surface area contributed by atoms with E-state index in [0.717, 1.165) is 21.0 Å². The number of fused-ring (bicyclic) bond motifs is 1. The number of nitrogens with zero attached hydrogens (tertiary/aromatic N) is 2. The highest BCUT2D eigenvalue weighted by Crippen LogP contribution is 2.30. The van der Waals surface area contributed by atoms with Crippen molar-refractivity contribution in [3.05, 3.63) is 71.0 Å². The van der Waals surface area contributed by atoms with Gasteiger partial charge in [0.25, 0.3) is 5.91 Å². The molecule has 2 aromatic heterocycles. The maximum atomic E-state index is 12.6. The van der Waals surface area contributed by atoms with E-state index in [2.05, 4.69) is 40.6 Å². The van der Waals surface area contributed by atoms with Crippen LogP contribution >= 0.6 is 23.1 Å². The average Bonchev–Trinajstić information content (AvgIpc) is 3.25. The zero-order valence-electron chi connectivity index (χ0n) is 14.9. The average molecular weight is 396 g/mol. The van der Waals surface area contributed by atoms with Crippen molar-refractivity contribution < 1.29 is 9.21 Å². The van der Waals surface area contributed by atoms with Crippen LogP contribution in [-0.2, 0) is 5.75 Å². The first kappa shape index (κ1) is 17.8. The zero-order chi connectivity index (χ0) is 18.8. The SMILES string of the molecule is Cc1cccc(CSc2nnc(NC(=O)c3oc4ccccc4c3C)s2)c1. The molecule has 0 unspecified atom stereocenters. The highest BCUT2D eigenvalue weighted by Gasteiger charge is 2.19. The van der Waals surface area contributed by atoms with Crippen molar-refractivity contribution in [2.24, 2.45) is 0 Å². The third-order valence-corrected chi connectivity index (χ3v) is 6.16. The van der Waals surface area contributed by atoms with Gasteiger partial charge in [-0.15, -0.1) is 10.2 Å². The molecule has 1 amide bonds. The quantitative estimate of drug-likeness (QED) is 0.360. The third kappa shape index (κ3) is 3.89. The number of para-hydroxylation sites is 1. The number of amides is 1. The molecule has 27 heavy (non-hydrogen) atoms. The van der Waals surface area contributed by atoms with Gasteiger partial charge in [-0.05, 0) is 25.5 Å². The van der Waals surface area contributed by atoms with Crippen molar-refractivity contribution in [3.8, 4) is 0 Å². The van der Waals surface area contributed by atoms with Crippen molar-refractivity contribution in [3.63, 3.8) is 0 Å². The highest BCUT2D eigenvalue weighted by molar-refractivity contribution is 8.00. The van der Waals surface area contributed by atoms with Crippen LogP contribution in [0.1, 0.15) is 27.2 Å². The summed E-state index contributed by atoms with van der Waals surface area (Å²) in [6.45, 7) is 3.96. The van der Waals surface area contributed by atoms with Crippen molar-refractivity contribution >= 4 is 45.1 Å². The molecule has 2 heterocycles. The molecule has 4 aromatic rings. The normalized spacial score (nSPS) is 11.0. The van der Waals surface area contributed by atoms with Gasteiger partial charge in [0.2, 0.25) is 5.13 Å². The van der Waals surface area contributed by atoms with Gasteiger partial charge in [0.15, 0.2) is 10.1 Å². The predicted molar refractivity (Wildman–Crippen MR) is 110 cm³/mol. The smallest absolute Gasteiger partial charge is 0.293 e.